The SMILES string of the molecule is CC(C)Oc1ccc(/C=C2/C(=O)NN(c3ccccc3)C2=O)cc1. The maximum atomic E-state index is 12.5. The van der Waals surface area contributed by atoms with Crippen LogP contribution in [0.15, 0.2) is 60.2 Å². The predicted molar refractivity (Wildman–Crippen MR) is 92.3 cm³/mol. The van der Waals surface area contributed by atoms with Gasteiger partial charge in [0.05, 0.1) is 11.8 Å². The van der Waals surface area contributed by atoms with Crippen LogP contribution in [0.5, 0.6) is 5.75 Å². The molecule has 2 aromatic carbocycles. The zero-order valence-electron chi connectivity index (χ0n) is 13.5. The number of hydrogen-bond acceptors (Lipinski definition) is 3. The van der Waals surface area contributed by atoms with Gasteiger partial charge in [0.25, 0.3) is 11.8 Å². The van der Waals surface area contributed by atoms with Gasteiger partial charge in [0.1, 0.15) is 11.3 Å². The molecule has 1 N–H and O–H groups in total. The van der Waals surface area contributed by atoms with E-state index in [0.29, 0.717) is 5.69 Å². The first-order valence-electron chi connectivity index (χ1n) is 7.73. The Labute approximate surface area is 140 Å². The van der Waals surface area contributed by atoms with Crippen molar-refractivity contribution in [2.75, 3.05) is 5.01 Å². The predicted octanol–water partition coefficient (Wildman–Crippen LogP) is 2.94. The number of anilines is 1. The van der Waals surface area contributed by atoms with Gasteiger partial charge in [-0.25, -0.2) is 5.01 Å². The van der Waals surface area contributed by atoms with Crippen molar-refractivity contribution in [2.45, 2.75) is 20.0 Å². The van der Waals surface area contributed by atoms with Gasteiger partial charge in [-0.2, -0.15) is 0 Å². The van der Waals surface area contributed by atoms with E-state index < -0.39 is 5.91 Å². The largest absolute Gasteiger partial charge is 0.491 e. The fourth-order valence-corrected chi connectivity index (χ4v) is 2.40. The summed E-state index contributed by atoms with van der Waals surface area (Å²) in [6.07, 6.45) is 1.68. The molecule has 1 fully saturated rings. The number of amides is 2. The van der Waals surface area contributed by atoms with E-state index >= 15 is 0 Å². The Hall–Kier alpha value is -3.08. The van der Waals surface area contributed by atoms with Crippen molar-refractivity contribution in [3.63, 3.8) is 0 Å². The lowest BCUT2D eigenvalue weighted by atomic mass is 10.1. The lowest BCUT2D eigenvalue weighted by molar-refractivity contribution is -0.117. The molecule has 122 valence electrons. The number of ether oxygens (including phenoxy) is 1. The number of nitrogens with one attached hydrogen (secondary N) is 1. The first-order valence-corrected chi connectivity index (χ1v) is 7.73. The van der Waals surface area contributed by atoms with Crippen molar-refractivity contribution in [3.05, 3.63) is 65.7 Å². The van der Waals surface area contributed by atoms with Gasteiger partial charge in [-0.1, -0.05) is 30.3 Å². The van der Waals surface area contributed by atoms with E-state index in [2.05, 4.69) is 5.43 Å². The molecule has 0 aliphatic carbocycles. The van der Waals surface area contributed by atoms with E-state index in [1.54, 1.807) is 18.2 Å². The Kier molecular flexibility index (Phi) is 4.33. The number of hydrazine groups is 1. The number of benzene rings is 2. The zero-order valence-corrected chi connectivity index (χ0v) is 13.5. The molecular weight excluding hydrogens is 304 g/mol. The fourth-order valence-electron chi connectivity index (χ4n) is 2.40. The summed E-state index contributed by atoms with van der Waals surface area (Å²) in [6.45, 7) is 3.91. The summed E-state index contributed by atoms with van der Waals surface area (Å²) in [6, 6.07) is 16.3. The highest BCUT2D eigenvalue weighted by Crippen LogP contribution is 2.22. The monoisotopic (exact) mass is 322 g/mol. The highest BCUT2D eigenvalue weighted by atomic mass is 16.5. The summed E-state index contributed by atoms with van der Waals surface area (Å²) in [4.78, 5) is 24.6. The topological polar surface area (TPSA) is 58.6 Å². The average molecular weight is 322 g/mol. The zero-order chi connectivity index (χ0) is 17.1. The molecule has 0 saturated carbocycles. The number of carbonyl (C=O) groups excluding carboxylic acids is 2. The minimum atomic E-state index is -0.411. The molecule has 5 heteroatoms. The lowest BCUT2D eigenvalue weighted by Crippen LogP contribution is -2.35. The summed E-state index contributed by atoms with van der Waals surface area (Å²) in [5.74, 6) is -0.0275. The molecule has 0 unspecified atom stereocenters. The van der Waals surface area contributed by atoms with Crippen LogP contribution in [0.1, 0.15) is 19.4 Å². The minimum absolute atomic E-state index is 0.0934. The third-order valence-corrected chi connectivity index (χ3v) is 3.47. The maximum absolute atomic E-state index is 12.5. The summed E-state index contributed by atoms with van der Waals surface area (Å²) >= 11 is 0. The molecule has 1 heterocycles. The van der Waals surface area contributed by atoms with E-state index in [1.165, 1.54) is 5.01 Å². The highest BCUT2D eigenvalue weighted by molar-refractivity contribution is 6.31. The fraction of sp³-hybridized carbons (Fsp3) is 0.158. The molecule has 2 aromatic rings. The molecule has 0 atom stereocenters. The number of para-hydroxylation sites is 1. The molecule has 0 radical (unpaired) electrons. The van der Waals surface area contributed by atoms with Crippen LogP contribution in [0.2, 0.25) is 0 Å². The molecule has 5 nitrogen and oxygen atoms in total. The Morgan fingerprint density at radius 2 is 1.67 bits per heavy atom. The Morgan fingerprint density at radius 3 is 2.29 bits per heavy atom. The van der Waals surface area contributed by atoms with Crippen LogP contribution in [0.25, 0.3) is 6.08 Å². The van der Waals surface area contributed by atoms with Gasteiger partial charge in [0, 0.05) is 0 Å². The van der Waals surface area contributed by atoms with Crippen LogP contribution in [-0.2, 0) is 9.59 Å². The van der Waals surface area contributed by atoms with Gasteiger partial charge in [-0.3, -0.25) is 15.0 Å². The Bertz CT molecular complexity index is 780. The van der Waals surface area contributed by atoms with Crippen molar-refractivity contribution in [1.82, 2.24) is 5.43 Å². The molecule has 1 saturated heterocycles. The van der Waals surface area contributed by atoms with E-state index in [9.17, 15) is 9.59 Å². The maximum Gasteiger partial charge on any atom is 0.282 e. The van der Waals surface area contributed by atoms with Crippen molar-refractivity contribution >= 4 is 23.6 Å². The summed E-state index contributed by atoms with van der Waals surface area (Å²) < 4.78 is 5.58. The molecule has 0 aromatic heterocycles. The van der Waals surface area contributed by atoms with E-state index in [0.717, 1.165) is 11.3 Å². The molecule has 3 rings (SSSR count). The average Bonchev–Trinajstić information content (AvgIpc) is 2.85. The first kappa shape index (κ1) is 15.8. The molecule has 0 spiro atoms. The summed E-state index contributed by atoms with van der Waals surface area (Å²) in [5.41, 5.74) is 4.08. The van der Waals surface area contributed by atoms with Crippen LogP contribution < -0.4 is 15.2 Å². The van der Waals surface area contributed by atoms with Gasteiger partial charge in [0.2, 0.25) is 0 Å². The second-order valence-corrected chi connectivity index (χ2v) is 5.71. The quantitative estimate of drug-likeness (QED) is 0.695. The van der Waals surface area contributed by atoms with Crippen molar-refractivity contribution in [2.24, 2.45) is 0 Å². The van der Waals surface area contributed by atoms with Gasteiger partial charge in [-0.15, -0.1) is 0 Å². The number of hydrogen-bond donors (Lipinski definition) is 1. The number of rotatable bonds is 4. The third-order valence-electron chi connectivity index (χ3n) is 3.47. The van der Waals surface area contributed by atoms with Crippen LogP contribution >= 0.6 is 0 Å². The smallest absolute Gasteiger partial charge is 0.282 e. The number of carbonyl (C=O) groups is 2. The van der Waals surface area contributed by atoms with Gasteiger partial charge in [0.15, 0.2) is 0 Å². The van der Waals surface area contributed by atoms with Gasteiger partial charge < -0.3 is 4.74 Å². The van der Waals surface area contributed by atoms with Crippen molar-refractivity contribution in [1.29, 1.82) is 0 Å². The Balaban J connectivity index is 1.82. The van der Waals surface area contributed by atoms with E-state index in [4.69, 9.17) is 4.74 Å². The van der Waals surface area contributed by atoms with Crippen LogP contribution in [0.3, 0.4) is 0 Å². The number of nitrogens with zero attached hydrogens (tertiary/aromatic N) is 1. The van der Waals surface area contributed by atoms with Crippen LogP contribution in [-0.4, -0.2) is 17.9 Å². The molecule has 1 aliphatic rings. The third kappa shape index (κ3) is 3.30. The summed E-state index contributed by atoms with van der Waals surface area (Å²) in [7, 11) is 0. The van der Waals surface area contributed by atoms with Gasteiger partial charge >= 0.3 is 0 Å². The second kappa shape index (κ2) is 6.58. The van der Waals surface area contributed by atoms with Crippen molar-refractivity contribution in [3.8, 4) is 5.75 Å². The van der Waals surface area contributed by atoms with Gasteiger partial charge in [-0.05, 0) is 49.8 Å². The second-order valence-electron chi connectivity index (χ2n) is 5.71. The highest BCUT2D eigenvalue weighted by Gasteiger charge is 2.34. The van der Waals surface area contributed by atoms with Crippen LogP contribution in [0.4, 0.5) is 5.69 Å². The molecular formula is C19H18N2O3. The molecule has 1 aliphatic heterocycles. The summed E-state index contributed by atoms with van der Waals surface area (Å²) in [5, 5.41) is 1.25. The lowest BCUT2D eigenvalue weighted by Gasteiger charge is -2.13. The molecule has 2 amide bonds. The minimum Gasteiger partial charge on any atom is -0.491 e. The molecule has 24 heavy (non-hydrogen) atoms. The van der Waals surface area contributed by atoms with Crippen molar-refractivity contribution < 1.29 is 14.3 Å². The Morgan fingerprint density at radius 1 is 1.00 bits per heavy atom. The normalized spacial score (nSPS) is 16.0. The van der Waals surface area contributed by atoms with E-state index in [1.807, 2.05) is 56.3 Å². The first-order chi connectivity index (χ1) is 11.5. The van der Waals surface area contributed by atoms with E-state index in [-0.39, 0.29) is 17.6 Å². The standard InChI is InChI=1S/C19H18N2O3/c1-13(2)24-16-10-8-14(9-11-16)12-17-18(22)20-21(19(17)23)15-6-4-3-5-7-15/h3-13H,1-2H3,(H,20,22)/b17-12-. The van der Waals surface area contributed by atoms with Crippen LogP contribution in [0, 0.1) is 0 Å². The molecule has 0 bridgehead atoms.